The third kappa shape index (κ3) is 3.16. The van der Waals surface area contributed by atoms with Gasteiger partial charge in [0.05, 0.1) is 0 Å². The first-order valence-electron chi connectivity index (χ1n) is 5.13. The van der Waals surface area contributed by atoms with Crippen molar-refractivity contribution in [3.05, 3.63) is 17.6 Å². The molecule has 1 unspecified atom stereocenters. The predicted molar refractivity (Wildman–Crippen MR) is 64.2 cm³/mol. The number of aryl methyl sites for hydroxylation is 1. The first-order chi connectivity index (χ1) is 7.34. The quantitative estimate of drug-likeness (QED) is 0.863. The van der Waals surface area contributed by atoms with E-state index in [-0.39, 0.29) is 0 Å². The molecule has 1 atom stereocenters. The van der Waals surface area contributed by atoms with Gasteiger partial charge >= 0.3 is 0 Å². The highest BCUT2D eigenvalue weighted by molar-refractivity contribution is 7.90. The van der Waals surface area contributed by atoms with Crippen molar-refractivity contribution in [1.29, 1.82) is 0 Å². The molecule has 0 radical (unpaired) electrons. The van der Waals surface area contributed by atoms with Gasteiger partial charge in [0.2, 0.25) is 0 Å². The van der Waals surface area contributed by atoms with E-state index in [4.69, 9.17) is 0 Å². The number of nitrogens with one attached hydrogen (secondary N) is 1. The highest BCUT2D eigenvalue weighted by Gasteiger charge is 2.20. The molecule has 90 valence electrons. The summed E-state index contributed by atoms with van der Waals surface area (Å²) in [5.41, 5.74) is 0.761. The molecular weight excluding hydrogens is 226 g/mol. The maximum absolute atomic E-state index is 11.4. The Bertz CT molecular complexity index is 471. The van der Waals surface area contributed by atoms with Crippen LogP contribution >= 0.6 is 0 Å². The Morgan fingerprint density at radius 1 is 1.44 bits per heavy atom. The zero-order chi connectivity index (χ0) is 12.3. The fourth-order valence-corrected chi connectivity index (χ4v) is 1.72. The molecule has 16 heavy (non-hydrogen) atoms. The molecule has 0 aromatic carbocycles. The van der Waals surface area contributed by atoms with Gasteiger partial charge in [-0.25, -0.2) is 18.4 Å². The van der Waals surface area contributed by atoms with E-state index < -0.39 is 15.1 Å². The summed E-state index contributed by atoms with van der Waals surface area (Å²) >= 11 is 0. The standard InChI is InChI=1S/C10H17N3O2S/c1-5-11-9-6-7(2)12-10(13-9)8(3)16(4,14)15/h6,8H,5H2,1-4H3,(H,11,12,13). The summed E-state index contributed by atoms with van der Waals surface area (Å²) in [4.78, 5) is 8.34. The summed E-state index contributed by atoms with van der Waals surface area (Å²) in [5.74, 6) is 1.01. The number of rotatable bonds is 4. The highest BCUT2D eigenvalue weighted by Crippen LogP contribution is 2.19. The molecule has 0 bridgehead atoms. The first-order valence-corrected chi connectivity index (χ1v) is 7.08. The highest BCUT2D eigenvalue weighted by atomic mass is 32.2. The second-order valence-corrected chi connectivity index (χ2v) is 6.12. The van der Waals surface area contributed by atoms with Crippen LogP contribution in [0.3, 0.4) is 0 Å². The third-order valence-electron chi connectivity index (χ3n) is 2.24. The van der Waals surface area contributed by atoms with Gasteiger partial charge in [-0.05, 0) is 20.8 Å². The molecule has 1 aromatic heterocycles. The molecule has 0 spiro atoms. The predicted octanol–water partition coefficient (Wildman–Crippen LogP) is 1.32. The molecule has 1 N–H and O–H groups in total. The van der Waals surface area contributed by atoms with Crippen LogP contribution in [0.1, 0.15) is 30.6 Å². The lowest BCUT2D eigenvalue weighted by Gasteiger charge is -2.11. The van der Waals surface area contributed by atoms with Crippen LogP contribution in [-0.4, -0.2) is 31.2 Å². The van der Waals surface area contributed by atoms with Gasteiger partial charge in [-0.1, -0.05) is 0 Å². The fourth-order valence-electron chi connectivity index (χ4n) is 1.24. The lowest BCUT2D eigenvalue weighted by atomic mass is 10.3. The average molecular weight is 243 g/mol. The summed E-state index contributed by atoms with van der Waals surface area (Å²) in [6.45, 7) is 6.11. The zero-order valence-corrected chi connectivity index (χ0v) is 10.8. The molecule has 1 rings (SSSR count). The van der Waals surface area contributed by atoms with Gasteiger partial charge in [0.1, 0.15) is 16.9 Å². The van der Waals surface area contributed by atoms with Crippen molar-refractivity contribution in [2.75, 3.05) is 18.1 Å². The molecule has 5 nitrogen and oxygen atoms in total. The van der Waals surface area contributed by atoms with E-state index in [2.05, 4.69) is 15.3 Å². The number of hydrogen-bond donors (Lipinski definition) is 1. The molecule has 0 fully saturated rings. The van der Waals surface area contributed by atoms with E-state index in [9.17, 15) is 8.42 Å². The van der Waals surface area contributed by atoms with E-state index in [0.717, 1.165) is 12.2 Å². The van der Waals surface area contributed by atoms with Gasteiger partial charge in [-0.15, -0.1) is 0 Å². The molecule has 0 aliphatic heterocycles. The second kappa shape index (κ2) is 4.78. The number of nitrogens with zero attached hydrogens (tertiary/aromatic N) is 2. The lowest BCUT2D eigenvalue weighted by molar-refractivity contribution is 0.589. The SMILES string of the molecule is CCNc1cc(C)nc(C(C)S(C)(=O)=O)n1. The first kappa shape index (κ1) is 12.9. The van der Waals surface area contributed by atoms with Gasteiger partial charge < -0.3 is 5.32 Å². The maximum atomic E-state index is 11.4. The molecular formula is C10H17N3O2S. The van der Waals surface area contributed by atoms with Crippen molar-refractivity contribution < 1.29 is 8.42 Å². The summed E-state index contributed by atoms with van der Waals surface area (Å²) in [7, 11) is -3.16. The van der Waals surface area contributed by atoms with Crippen LogP contribution in [0.15, 0.2) is 6.07 Å². The molecule has 0 saturated heterocycles. The van der Waals surface area contributed by atoms with Crippen LogP contribution in [0.5, 0.6) is 0 Å². The number of sulfone groups is 1. The Kier molecular flexibility index (Phi) is 3.85. The monoisotopic (exact) mass is 243 g/mol. The van der Waals surface area contributed by atoms with Crippen molar-refractivity contribution in [1.82, 2.24) is 9.97 Å². The largest absolute Gasteiger partial charge is 0.370 e. The van der Waals surface area contributed by atoms with Crippen LogP contribution in [-0.2, 0) is 9.84 Å². The minimum Gasteiger partial charge on any atom is -0.370 e. The van der Waals surface area contributed by atoms with Gasteiger partial charge in [0.25, 0.3) is 0 Å². The number of hydrogen-bond acceptors (Lipinski definition) is 5. The Balaban J connectivity index is 3.14. The van der Waals surface area contributed by atoms with E-state index in [1.54, 1.807) is 13.0 Å². The lowest BCUT2D eigenvalue weighted by Crippen LogP contribution is -2.13. The molecule has 6 heteroatoms. The molecule has 1 heterocycles. The van der Waals surface area contributed by atoms with Crippen molar-refractivity contribution in [2.45, 2.75) is 26.0 Å². The van der Waals surface area contributed by atoms with Gasteiger partial charge in [0.15, 0.2) is 9.84 Å². The summed E-state index contributed by atoms with van der Waals surface area (Å²) in [6.07, 6.45) is 1.19. The zero-order valence-electron chi connectivity index (χ0n) is 9.98. The van der Waals surface area contributed by atoms with Crippen LogP contribution in [0, 0.1) is 6.92 Å². The fraction of sp³-hybridized carbons (Fsp3) is 0.600. The van der Waals surface area contributed by atoms with Crippen molar-refractivity contribution >= 4 is 15.7 Å². The van der Waals surface area contributed by atoms with E-state index in [0.29, 0.717) is 11.6 Å². The topological polar surface area (TPSA) is 72.0 Å². The second-order valence-electron chi connectivity index (χ2n) is 3.75. The van der Waals surface area contributed by atoms with Crippen LogP contribution in [0.2, 0.25) is 0 Å². The van der Waals surface area contributed by atoms with E-state index in [1.807, 2.05) is 13.8 Å². The van der Waals surface area contributed by atoms with Gasteiger partial charge in [-0.3, -0.25) is 0 Å². The number of aromatic nitrogens is 2. The van der Waals surface area contributed by atoms with Crippen molar-refractivity contribution in [3.8, 4) is 0 Å². The Morgan fingerprint density at radius 3 is 2.56 bits per heavy atom. The Morgan fingerprint density at radius 2 is 2.06 bits per heavy atom. The average Bonchev–Trinajstić information content (AvgIpc) is 2.14. The molecule has 1 aromatic rings. The van der Waals surface area contributed by atoms with Gasteiger partial charge in [0, 0.05) is 24.6 Å². The minimum atomic E-state index is -3.16. The number of anilines is 1. The Labute approximate surface area is 96.2 Å². The smallest absolute Gasteiger partial charge is 0.157 e. The van der Waals surface area contributed by atoms with Gasteiger partial charge in [-0.2, -0.15) is 0 Å². The normalized spacial score (nSPS) is 13.5. The molecule has 0 saturated carbocycles. The third-order valence-corrected chi connectivity index (χ3v) is 3.73. The maximum Gasteiger partial charge on any atom is 0.157 e. The van der Waals surface area contributed by atoms with Crippen LogP contribution < -0.4 is 5.32 Å². The van der Waals surface area contributed by atoms with Crippen LogP contribution in [0.25, 0.3) is 0 Å². The van der Waals surface area contributed by atoms with E-state index in [1.165, 1.54) is 6.26 Å². The van der Waals surface area contributed by atoms with E-state index >= 15 is 0 Å². The molecule has 0 aliphatic carbocycles. The molecule has 0 amide bonds. The van der Waals surface area contributed by atoms with Crippen molar-refractivity contribution in [2.24, 2.45) is 0 Å². The molecule has 0 aliphatic rings. The van der Waals surface area contributed by atoms with Crippen LogP contribution in [0.4, 0.5) is 5.82 Å². The van der Waals surface area contributed by atoms with Crippen molar-refractivity contribution in [3.63, 3.8) is 0 Å². The minimum absolute atomic E-state index is 0.346. The summed E-state index contributed by atoms with van der Waals surface area (Å²) < 4.78 is 22.8. The summed E-state index contributed by atoms with van der Waals surface area (Å²) in [5, 5.41) is 2.37. The Hall–Kier alpha value is -1.17. The summed E-state index contributed by atoms with van der Waals surface area (Å²) in [6, 6.07) is 1.79.